The minimum Gasteiger partial charge on any atom is -0.465 e. The molecule has 1 fully saturated rings. The van der Waals surface area contributed by atoms with Gasteiger partial charge in [0, 0.05) is 24.5 Å². The van der Waals surface area contributed by atoms with Crippen molar-refractivity contribution in [2.24, 2.45) is 5.41 Å². The molecule has 0 amide bonds. The van der Waals surface area contributed by atoms with Crippen molar-refractivity contribution in [1.82, 2.24) is 5.32 Å². The Morgan fingerprint density at radius 2 is 2.06 bits per heavy atom. The van der Waals surface area contributed by atoms with Crippen LogP contribution in [-0.2, 0) is 17.7 Å². The largest absolute Gasteiger partial charge is 0.465 e. The van der Waals surface area contributed by atoms with E-state index in [1.165, 1.54) is 0 Å². The fourth-order valence-electron chi connectivity index (χ4n) is 2.65. The molecule has 3 heteroatoms. The maximum absolute atomic E-state index is 5.73. The Kier molecular flexibility index (Phi) is 4.13. The fourth-order valence-corrected chi connectivity index (χ4v) is 2.65. The summed E-state index contributed by atoms with van der Waals surface area (Å²) in [6.45, 7) is 10.3. The van der Waals surface area contributed by atoms with Crippen molar-refractivity contribution in [3.05, 3.63) is 23.7 Å². The highest BCUT2D eigenvalue weighted by Gasteiger charge is 2.48. The van der Waals surface area contributed by atoms with Crippen LogP contribution in [0.15, 0.2) is 16.5 Å². The maximum atomic E-state index is 5.73. The lowest BCUT2D eigenvalue weighted by atomic mass is 9.64. The Morgan fingerprint density at radius 3 is 2.61 bits per heavy atom. The van der Waals surface area contributed by atoms with E-state index in [1.807, 2.05) is 0 Å². The molecule has 2 unspecified atom stereocenters. The van der Waals surface area contributed by atoms with Gasteiger partial charge in [-0.3, -0.25) is 0 Å². The third-order valence-electron chi connectivity index (χ3n) is 4.13. The average molecular weight is 251 g/mol. The molecule has 0 bridgehead atoms. The average Bonchev–Trinajstić information content (AvgIpc) is 2.80. The predicted molar refractivity (Wildman–Crippen MR) is 72.5 cm³/mol. The van der Waals surface area contributed by atoms with Gasteiger partial charge < -0.3 is 14.5 Å². The zero-order valence-electron chi connectivity index (χ0n) is 12.0. The Hall–Kier alpha value is -0.800. The highest BCUT2D eigenvalue weighted by atomic mass is 16.5. The molecule has 18 heavy (non-hydrogen) atoms. The number of rotatable bonds is 6. The molecule has 1 aromatic heterocycles. The van der Waals surface area contributed by atoms with E-state index in [4.69, 9.17) is 9.15 Å². The van der Waals surface area contributed by atoms with Crippen LogP contribution in [0.4, 0.5) is 0 Å². The highest BCUT2D eigenvalue weighted by Crippen LogP contribution is 2.42. The van der Waals surface area contributed by atoms with Crippen LogP contribution in [0.2, 0.25) is 0 Å². The van der Waals surface area contributed by atoms with E-state index < -0.39 is 0 Å². The first-order valence-electron chi connectivity index (χ1n) is 7.00. The Labute approximate surface area is 110 Å². The summed E-state index contributed by atoms with van der Waals surface area (Å²) in [5.74, 6) is 2.09. The van der Waals surface area contributed by atoms with Crippen molar-refractivity contribution in [2.45, 2.75) is 59.2 Å². The van der Waals surface area contributed by atoms with E-state index in [-0.39, 0.29) is 5.41 Å². The summed E-state index contributed by atoms with van der Waals surface area (Å²) in [4.78, 5) is 0. The molecule has 1 aliphatic carbocycles. The highest BCUT2D eigenvalue weighted by molar-refractivity contribution is 5.08. The molecular weight excluding hydrogens is 226 g/mol. The fraction of sp³-hybridized carbons (Fsp3) is 0.733. The number of hydrogen-bond donors (Lipinski definition) is 1. The van der Waals surface area contributed by atoms with Gasteiger partial charge >= 0.3 is 0 Å². The second-order valence-electron chi connectivity index (χ2n) is 5.66. The first-order valence-corrected chi connectivity index (χ1v) is 7.00. The molecule has 0 spiro atoms. The second-order valence-corrected chi connectivity index (χ2v) is 5.66. The summed E-state index contributed by atoms with van der Waals surface area (Å²) in [7, 11) is 0. The van der Waals surface area contributed by atoms with Crippen LogP contribution >= 0.6 is 0 Å². The van der Waals surface area contributed by atoms with Crippen LogP contribution in [0.1, 0.15) is 45.6 Å². The van der Waals surface area contributed by atoms with Gasteiger partial charge in [-0.25, -0.2) is 0 Å². The molecule has 1 heterocycles. The first-order chi connectivity index (χ1) is 8.57. The second kappa shape index (κ2) is 5.45. The third kappa shape index (κ3) is 2.62. The zero-order chi connectivity index (χ0) is 13.2. The third-order valence-corrected chi connectivity index (χ3v) is 4.13. The van der Waals surface area contributed by atoms with Crippen LogP contribution in [0.25, 0.3) is 0 Å². The topological polar surface area (TPSA) is 34.4 Å². The zero-order valence-corrected chi connectivity index (χ0v) is 12.0. The van der Waals surface area contributed by atoms with Gasteiger partial charge in [-0.2, -0.15) is 0 Å². The Bertz CT molecular complexity index is 384. The molecule has 1 N–H and O–H groups in total. The number of nitrogens with one attached hydrogen (secondary N) is 1. The molecule has 1 aromatic rings. The maximum Gasteiger partial charge on any atom is 0.117 e. The molecule has 0 aliphatic heterocycles. The van der Waals surface area contributed by atoms with Crippen LogP contribution in [0.3, 0.4) is 0 Å². The van der Waals surface area contributed by atoms with E-state index in [0.29, 0.717) is 12.1 Å². The number of ether oxygens (including phenoxy) is 1. The van der Waals surface area contributed by atoms with Crippen molar-refractivity contribution in [2.75, 3.05) is 6.61 Å². The molecule has 3 nitrogen and oxygen atoms in total. The van der Waals surface area contributed by atoms with Gasteiger partial charge in [0.05, 0.1) is 12.6 Å². The minimum atomic E-state index is 0.218. The van der Waals surface area contributed by atoms with E-state index in [0.717, 1.165) is 37.5 Å². The van der Waals surface area contributed by atoms with E-state index >= 15 is 0 Å². The van der Waals surface area contributed by atoms with E-state index in [2.05, 4.69) is 45.1 Å². The molecule has 2 rings (SSSR count). The predicted octanol–water partition coefficient (Wildman–Crippen LogP) is 3.14. The van der Waals surface area contributed by atoms with E-state index in [1.54, 1.807) is 0 Å². The van der Waals surface area contributed by atoms with Crippen molar-refractivity contribution in [1.29, 1.82) is 0 Å². The minimum absolute atomic E-state index is 0.218. The Balaban J connectivity index is 1.81. The van der Waals surface area contributed by atoms with Gasteiger partial charge in [0.25, 0.3) is 0 Å². The molecule has 2 atom stereocenters. The van der Waals surface area contributed by atoms with Gasteiger partial charge in [0.1, 0.15) is 11.5 Å². The SMILES string of the molecule is CCOC1CC(NCc2ccc(CC)o2)C1(C)C. The van der Waals surface area contributed by atoms with Gasteiger partial charge in [0.2, 0.25) is 0 Å². The van der Waals surface area contributed by atoms with Gasteiger partial charge in [-0.15, -0.1) is 0 Å². The molecular formula is C15H25NO2. The smallest absolute Gasteiger partial charge is 0.117 e. The van der Waals surface area contributed by atoms with Gasteiger partial charge in [-0.1, -0.05) is 20.8 Å². The summed E-state index contributed by atoms with van der Waals surface area (Å²) in [5.41, 5.74) is 0.218. The number of hydrogen-bond acceptors (Lipinski definition) is 3. The van der Waals surface area contributed by atoms with Crippen LogP contribution in [0, 0.1) is 5.41 Å². The van der Waals surface area contributed by atoms with Gasteiger partial charge in [-0.05, 0) is 25.5 Å². The van der Waals surface area contributed by atoms with Crippen molar-refractivity contribution < 1.29 is 9.15 Å². The van der Waals surface area contributed by atoms with Crippen molar-refractivity contribution >= 4 is 0 Å². The van der Waals surface area contributed by atoms with Crippen molar-refractivity contribution in [3.63, 3.8) is 0 Å². The van der Waals surface area contributed by atoms with Crippen LogP contribution < -0.4 is 5.32 Å². The van der Waals surface area contributed by atoms with Crippen molar-refractivity contribution in [3.8, 4) is 0 Å². The van der Waals surface area contributed by atoms with Gasteiger partial charge in [0.15, 0.2) is 0 Å². The molecule has 0 radical (unpaired) electrons. The number of furan rings is 1. The number of aryl methyl sites for hydroxylation is 1. The lowest BCUT2D eigenvalue weighted by Gasteiger charge is -2.51. The normalized spacial score (nSPS) is 26.0. The monoisotopic (exact) mass is 251 g/mol. The summed E-state index contributed by atoms with van der Waals surface area (Å²) in [5, 5.41) is 3.58. The molecule has 0 aromatic carbocycles. The van der Waals surface area contributed by atoms with Crippen LogP contribution in [0.5, 0.6) is 0 Å². The molecule has 102 valence electrons. The molecule has 1 aliphatic rings. The molecule has 0 saturated heterocycles. The molecule has 1 saturated carbocycles. The lowest BCUT2D eigenvalue weighted by Crippen LogP contribution is -2.60. The quantitative estimate of drug-likeness (QED) is 0.843. The van der Waals surface area contributed by atoms with E-state index in [9.17, 15) is 0 Å². The summed E-state index contributed by atoms with van der Waals surface area (Å²) < 4.78 is 11.4. The standard InChI is InChI=1S/C15H25NO2/c1-5-11-7-8-12(18-11)10-16-13-9-14(17-6-2)15(13,3)4/h7-8,13-14,16H,5-6,9-10H2,1-4H3. The summed E-state index contributed by atoms with van der Waals surface area (Å²) >= 11 is 0. The first kappa shape index (κ1) is 13.6. The summed E-state index contributed by atoms with van der Waals surface area (Å²) in [6.07, 6.45) is 2.45. The lowest BCUT2D eigenvalue weighted by molar-refractivity contribution is -0.114. The summed E-state index contributed by atoms with van der Waals surface area (Å²) in [6, 6.07) is 4.65. The Morgan fingerprint density at radius 1 is 1.33 bits per heavy atom. The van der Waals surface area contributed by atoms with Crippen LogP contribution in [-0.4, -0.2) is 18.8 Å².